The summed E-state index contributed by atoms with van der Waals surface area (Å²) in [6, 6.07) is 20.1. The van der Waals surface area contributed by atoms with Gasteiger partial charge in [-0.15, -0.1) is 0 Å². The zero-order chi connectivity index (χ0) is 26.0. The summed E-state index contributed by atoms with van der Waals surface area (Å²) >= 11 is 0. The smallest absolute Gasteiger partial charge is 0.387 e. The zero-order valence-electron chi connectivity index (χ0n) is 21.1. The highest BCUT2D eigenvalue weighted by Gasteiger charge is 2.10. The number of alkyl halides is 2. The van der Waals surface area contributed by atoms with Gasteiger partial charge in [-0.2, -0.15) is 8.78 Å². The molecule has 0 spiro atoms. The van der Waals surface area contributed by atoms with E-state index in [0.717, 1.165) is 53.8 Å². The molecule has 194 valence electrons. The van der Waals surface area contributed by atoms with Crippen LogP contribution in [0.4, 0.5) is 13.2 Å². The second-order valence-corrected chi connectivity index (χ2v) is 9.16. The summed E-state index contributed by atoms with van der Waals surface area (Å²) in [6.45, 7) is 0.0426. The summed E-state index contributed by atoms with van der Waals surface area (Å²) in [5.74, 6) is 0.707. The van der Waals surface area contributed by atoms with E-state index in [1.807, 2.05) is 42.5 Å². The summed E-state index contributed by atoms with van der Waals surface area (Å²) < 4.78 is 49.9. The lowest BCUT2D eigenvalue weighted by molar-refractivity contribution is -0.0498. The first kappa shape index (κ1) is 26.5. The Kier molecular flexibility index (Phi) is 9.41. The predicted molar refractivity (Wildman–Crippen MR) is 141 cm³/mol. The fraction of sp³-hybridized carbons (Fsp3) is 0.323. The van der Waals surface area contributed by atoms with Gasteiger partial charge in [0.2, 0.25) is 0 Å². The number of hydrogen-bond donors (Lipinski definition) is 0. The highest BCUT2D eigenvalue weighted by molar-refractivity contribution is 5.84. The Bertz CT molecular complexity index is 1270. The maximum absolute atomic E-state index is 15.2. The number of hydrogen-bond acceptors (Lipinski definition) is 3. The number of benzene rings is 3. The third-order valence-corrected chi connectivity index (χ3v) is 6.41. The van der Waals surface area contributed by atoms with E-state index in [9.17, 15) is 8.78 Å². The molecule has 0 N–H and O–H groups in total. The molecule has 0 aliphatic rings. The van der Waals surface area contributed by atoms with Gasteiger partial charge < -0.3 is 9.47 Å². The maximum atomic E-state index is 15.2. The van der Waals surface area contributed by atoms with Crippen LogP contribution in [0.1, 0.15) is 48.6 Å². The number of unbranched alkanes of at least 4 members (excludes halogenated alkanes) is 2. The van der Waals surface area contributed by atoms with E-state index in [1.54, 1.807) is 18.3 Å². The van der Waals surface area contributed by atoms with Gasteiger partial charge in [0, 0.05) is 11.1 Å². The molecule has 37 heavy (non-hydrogen) atoms. The lowest BCUT2D eigenvalue weighted by Crippen LogP contribution is -2.02. The number of nitrogens with zero attached hydrogens (tertiary/aromatic N) is 1. The van der Waals surface area contributed by atoms with Gasteiger partial charge >= 0.3 is 6.61 Å². The number of ether oxygens (including phenoxy) is 2. The molecule has 0 saturated carbocycles. The van der Waals surface area contributed by atoms with Gasteiger partial charge in [-0.25, -0.2) is 4.39 Å². The van der Waals surface area contributed by atoms with E-state index >= 15 is 4.39 Å². The van der Waals surface area contributed by atoms with Crippen LogP contribution in [0.15, 0.2) is 72.9 Å². The second kappa shape index (κ2) is 13.1. The normalized spacial score (nSPS) is 11.3. The molecular formula is C31H32F3NO2. The van der Waals surface area contributed by atoms with Crippen molar-refractivity contribution < 1.29 is 22.6 Å². The van der Waals surface area contributed by atoms with E-state index in [-0.39, 0.29) is 11.6 Å². The van der Waals surface area contributed by atoms with E-state index < -0.39 is 6.61 Å². The molecule has 4 rings (SSSR count). The molecule has 0 fully saturated rings. The lowest BCUT2D eigenvalue weighted by Gasteiger charge is -2.10. The predicted octanol–water partition coefficient (Wildman–Crippen LogP) is 8.11. The fourth-order valence-electron chi connectivity index (χ4n) is 4.31. The minimum Gasteiger partial charge on any atom is -0.492 e. The quantitative estimate of drug-likeness (QED) is 0.171. The van der Waals surface area contributed by atoms with Crippen LogP contribution in [-0.2, 0) is 25.7 Å². The number of pyridine rings is 1. The second-order valence-electron chi connectivity index (χ2n) is 9.16. The van der Waals surface area contributed by atoms with E-state index in [0.29, 0.717) is 23.8 Å². The standard InChI is InChI=1S/C31H32F3NO2/c1-2-3-4-19-36-28-17-14-26(35-21-28)13-6-23-9-18-29-25(20-23)12-11-24(30(29)32)10-5-22-7-15-27(16-8-22)37-31(33)34/h7-9,11-12,14-18,20-21,31H,2-6,10,13,19H2,1H3. The summed E-state index contributed by atoms with van der Waals surface area (Å²) in [6.07, 6.45) is 7.90. The average Bonchev–Trinajstić information content (AvgIpc) is 2.91. The zero-order valence-corrected chi connectivity index (χ0v) is 21.1. The molecule has 3 nitrogen and oxygen atoms in total. The van der Waals surface area contributed by atoms with Crippen molar-refractivity contribution >= 4 is 10.8 Å². The van der Waals surface area contributed by atoms with Gasteiger partial charge in [0.1, 0.15) is 17.3 Å². The summed E-state index contributed by atoms with van der Waals surface area (Å²) in [5, 5.41) is 1.47. The summed E-state index contributed by atoms with van der Waals surface area (Å²) in [4.78, 5) is 4.52. The van der Waals surface area contributed by atoms with Gasteiger partial charge in [-0.3, -0.25) is 4.98 Å². The van der Waals surface area contributed by atoms with Gasteiger partial charge in [-0.1, -0.05) is 62.2 Å². The molecule has 0 aliphatic heterocycles. The number of halogens is 3. The van der Waals surface area contributed by atoms with Crippen LogP contribution in [-0.4, -0.2) is 18.2 Å². The molecule has 0 aliphatic carbocycles. The molecule has 1 heterocycles. The molecular weight excluding hydrogens is 475 g/mol. The van der Waals surface area contributed by atoms with Crippen molar-refractivity contribution in [3.8, 4) is 11.5 Å². The van der Waals surface area contributed by atoms with Crippen molar-refractivity contribution in [1.29, 1.82) is 0 Å². The summed E-state index contributed by atoms with van der Waals surface area (Å²) in [5.41, 5.74) is 3.69. The fourth-order valence-corrected chi connectivity index (χ4v) is 4.31. The van der Waals surface area contributed by atoms with Crippen molar-refractivity contribution in [2.45, 2.75) is 58.5 Å². The van der Waals surface area contributed by atoms with E-state index in [4.69, 9.17) is 4.74 Å². The minimum absolute atomic E-state index is 0.117. The van der Waals surface area contributed by atoms with Crippen LogP contribution in [0, 0.1) is 5.82 Å². The van der Waals surface area contributed by atoms with Crippen molar-refractivity contribution in [2.24, 2.45) is 0 Å². The van der Waals surface area contributed by atoms with Crippen molar-refractivity contribution in [3.05, 3.63) is 101 Å². The molecule has 4 aromatic rings. The van der Waals surface area contributed by atoms with Crippen LogP contribution in [0.2, 0.25) is 0 Å². The van der Waals surface area contributed by atoms with Crippen LogP contribution < -0.4 is 9.47 Å². The van der Waals surface area contributed by atoms with Gasteiger partial charge in [0.15, 0.2) is 0 Å². The molecule has 3 aromatic carbocycles. The highest BCUT2D eigenvalue weighted by Crippen LogP contribution is 2.25. The first-order valence-corrected chi connectivity index (χ1v) is 12.8. The van der Waals surface area contributed by atoms with Crippen molar-refractivity contribution in [3.63, 3.8) is 0 Å². The Balaban J connectivity index is 1.33. The number of fused-ring (bicyclic) bond motifs is 1. The first-order valence-electron chi connectivity index (χ1n) is 12.8. The lowest BCUT2D eigenvalue weighted by atomic mass is 9.98. The molecule has 0 bridgehead atoms. The molecule has 0 amide bonds. The molecule has 0 saturated heterocycles. The molecule has 6 heteroatoms. The van der Waals surface area contributed by atoms with E-state index in [1.165, 1.54) is 25.0 Å². The van der Waals surface area contributed by atoms with Crippen molar-refractivity contribution in [1.82, 2.24) is 4.98 Å². The maximum Gasteiger partial charge on any atom is 0.387 e. The monoisotopic (exact) mass is 507 g/mol. The average molecular weight is 508 g/mol. The van der Waals surface area contributed by atoms with Gasteiger partial charge in [-0.05, 0) is 78.4 Å². The number of aromatic nitrogens is 1. The van der Waals surface area contributed by atoms with Crippen LogP contribution in [0.5, 0.6) is 11.5 Å². The third kappa shape index (κ3) is 7.72. The first-order chi connectivity index (χ1) is 18.0. The Morgan fingerprint density at radius 3 is 2.27 bits per heavy atom. The molecule has 0 atom stereocenters. The number of rotatable bonds is 13. The Hall–Kier alpha value is -3.54. The summed E-state index contributed by atoms with van der Waals surface area (Å²) in [7, 11) is 0. The largest absolute Gasteiger partial charge is 0.492 e. The van der Waals surface area contributed by atoms with Crippen LogP contribution in [0.3, 0.4) is 0 Å². The third-order valence-electron chi connectivity index (χ3n) is 6.41. The highest BCUT2D eigenvalue weighted by atomic mass is 19.3. The SMILES string of the molecule is CCCCCOc1ccc(CCc2ccc3c(F)c(CCc4ccc(OC(F)F)cc4)ccc3c2)nc1. The Morgan fingerprint density at radius 1 is 0.784 bits per heavy atom. The van der Waals surface area contributed by atoms with Gasteiger partial charge in [0.25, 0.3) is 0 Å². The molecule has 1 aromatic heterocycles. The molecule has 0 unspecified atom stereocenters. The topological polar surface area (TPSA) is 31.4 Å². The van der Waals surface area contributed by atoms with Crippen LogP contribution in [0.25, 0.3) is 10.8 Å². The van der Waals surface area contributed by atoms with E-state index in [2.05, 4.69) is 16.6 Å². The molecule has 0 radical (unpaired) electrons. The Morgan fingerprint density at radius 2 is 1.54 bits per heavy atom. The van der Waals surface area contributed by atoms with Crippen LogP contribution >= 0.6 is 0 Å². The minimum atomic E-state index is -2.85. The van der Waals surface area contributed by atoms with Crippen molar-refractivity contribution in [2.75, 3.05) is 6.61 Å². The Labute approximate surface area is 216 Å². The van der Waals surface area contributed by atoms with Gasteiger partial charge in [0.05, 0.1) is 12.8 Å². The number of aryl methyl sites for hydroxylation is 4.